The number of hydrogen-bond donors (Lipinski definition) is 1. The second-order valence-corrected chi connectivity index (χ2v) is 4.83. The van der Waals surface area contributed by atoms with Gasteiger partial charge in [0.05, 0.1) is 19.3 Å². The SMILES string of the molecule is C1CC2CNC3(CCOCC3)OC2C1. The molecule has 3 heteroatoms. The molecule has 3 fully saturated rings. The summed E-state index contributed by atoms with van der Waals surface area (Å²) in [7, 11) is 0. The first kappa shape index (κ1) is 9.13. The van der Waals surface area contributed by atoms with Crippen LogP contribution in [-0.2, 0) is 9.47 Å². The van der Waals surface area contributed by atoms with E-state index in [0.717, 1.165) is 38.5 Å². The van der Waals surface area contributed by atoms with E-state index < -0.39 is 0 Å². The zero-order valence-electron chi connectivity index (χ0n) is 8.63. The van der Waals surface area contributed by atoms with Crippen LogP contribution >= 0.6 is 0 Å². The largest absolute Gasteiger partial charge is 0.381 e. The summed E-state index contributed by atoms with van der Waals surface area (Å²) in [5.74, 6) is 0.781. The average Bonchev–Trinajstić information content (AvgIpc) is 2.66. The molecule has 0 aromatic carbocycles. The molecule has 1 spiro atoms. The predicted octanol–water partition coefficient (Wildman–Crippen LogP) is 1.28. The third kappa shape index (κ3) is 1.47. The maximum atomic E-state index is 6.25. The van der Waals surface area contributed by atoms with Gasteiger partial charge in [0.1, 0.15) is 5.72 Å². The van der Waals surface area contributed by atoms with Crippen LogP contribution < -0.4 is 5.32 Å². The van der Waals surface area contributed by atoms with Crippen molar-refractivity contribution in [1.29, 1.82) is 0 Å². The summed E-state index contributed by atoms with van der Waals surface area (Å²) >= 11 is 0. The molecule has 1 N–H and O–H groups in total. The number of ether oxygens (including phenoxy) is 2. The molecule has 0 aromatic rings. The molecule has 2 atom stereocenters. The maximum absolute atomic E-state index is 6.25. The van der Waals surface area contributed by atoms with Crippen LogP contribution in [0.4, 0.5) is 0 Å². The number of rotatable bonds is 0. The van der Waals surface area contributed by atoms with Crippen molar-refractivity contribution in [2.45, 2.75) is 43.9 Å². The van der Waals surface area contributed by atoms with Crippen LogP contribution in [0.3, 0.4) is 0 Å². The van der Waals surface area contributed by atoms with E-state index in [0.29, 0.717) is 6.10 Å². The second-order valence-electron chi connectivity index (χ2n) is 4.83. The lowest BCUT2D eigenvalue weighted by Crippen LogP contribution is -2.59. The van der Waals surface area contributed by atoms with Gasteiger partial charge in [-0.25, -0.2) is 0 Å². The van der Waals surface area contributed by atoms with Crippen molar-refractivity contribution in [2.24, 2.45) is 5.92 Å². The van der Waals surface area contributed by atoms with Crippen LogP contribution in [0.5, 0.6) is 0 Å². The molecule has 80 valence electrons. The van der Waals surface area contributed by atoms with Crippen LogP contribution in [0.2, 0.25) is 0 Å². The first-order valence-corrected chi connectivity index (χ1v) is 5.89. The molecule has 0 aromatic heterocycles. The summed E-state index contributed by atoms with van der Waals surface area (Å²) in [6.07, 6.45) is 6.56. The van der Waals surface area contributed by atoms with Crippen molar-refractivity contribution in [3.63, 3.8) is 0 Å². The Balaban J connectivity index is 1.70. The van der Waals surface area contributed by atoms with Crippen molar-refractivity contribution in [2.75, 3.05) is 19.8 Å². The summed E-state index contributed by atoms with van der Waals surface area (Å²) < 4.78 is 11.6. The Kier molecular flexibility index (Phi) is 2.26. The quantitative estimate of drug-likeness (QED) is 0.634. The summed E-state index contributed by atoms with van der Waals surface area (Å²) in [5.41, 5.74) is -0.0241. The summed E-state index contributed by atoms with van der Waals surface area (Å²) in [5, 5.41) is 3.60. The van der Waals surface area contributed by atoms with Gasteiger partial charge in [0.15, 0.2) is 0 Å². The Morgan fingerprint density at radius 2 is 2.00 bits per heavy atom. The van der Waals surface area contributed by atoms with E-state index in [4.69, 9.17) is 9.47 Å². The lowest BCUT2D eigenvalue weighted by molar-refractivity contribution is -0.192. The minimum absolute atomic E-state index is 0.0241. The summed E-state index contributed by atoms with van der Waals surface area (Å²) in [6, 6.07) is 0. The van der Waals surface area contributed by atoms with E-state index in [1.54, 1.807) is 0 Å². The first-order chi connectivity index (χ1) is 6.88. The molecule has 2 aliphatic heterocycles. The second kappa shape index (κ2) is 3.47. The van der Waals surface area contributed by atoms with Crippen LogP contribution in [0, 0.1) is 5.92 Å². The van der Waals surface area contributed by atoms with Gasteiger partial charge in [-0.15, -0.1) is 0 Å². The highest BCUT2D eigenvalue weighted by molar-refractivity contribution is 4.92. The zero-order chi connectivity index (χ0) is 9.43. The Bertz CT molecular complexity index is 213. The average molecular weight is 197 g/mol. The van der Waals surface area contributed by atoms with Gasteiger partial charge in [-0.3, -0.25) is 5.32 Å². The predicted molar refractivity (Wildman–Crippen MR) is 53.0 cm³/mol. The first-order valence-electron chi connectivity index (χ1n) is 5.89. The van der Waals surface area contributed by atoms with Crippen molar-refractivity contribution in [1.82, 2.24) is 5.32 Å². The molecule has 2 saturated heterocycles. The van der Waals surface area contributed by atoms with Crippen LogP contribution in [0.15, 0.2) is 0 Å². The third-order valence-corrected chi connectivity index (χ3v) is 3.95. The van der Waals surface area contributed by atoms with Crippen molar-refractivity contribution >= 4 is 0 Å². The van der Waals surface area contributed by atoms with Gasteiger partial charge >= 0.3 is 0 Å². The van der Waals surface area contributed by atoms with E-state index >= 15 is 0 Å². The van der Waals surface area contributed by atoms with Crippen molar-refractivity contribution in [3.8, 4) is 0 Å². The fourth-order valence-electron chi connectivity index (χ4n) is 3.04. The van der Waals surface area contributed by atoms with Crippen LogP contribution in [-0.4, -0.2) is 31.6 Å². The third-order valence-electron chi connectivity index (χ3n) is 3.95. The highest BCUT2D eigenvalue weighted by atomic mass is 16.5. The maximum Gasteiger partial charge on any atom is 0.124 e. The smallest absolute Gasteiger partial charge is 0.124 e. The molecule has 0 radical (unpaired) electrons. The molecule has 1 aliphatic carbocycles. The normalized spacial score (nSPS) is 41.1. The number of fused-ring (bicyclic) bond motifs is 1. The number of nitrogens with one attached hydrogen (secondary N) is 1. The van der Waals surface area contributed by atoms with Crippen molar-refractivity contribution < 1.29 is 9.47 Å². The monoisotopic (exact) mass is 197 g/mol. The van der Waals surface area contributed by atoms with E-state index in [1.807, 2.05) is 0 Å². The van der Waals surface area contributed by atoms with E-state index in [1.165, 1.54) is 19.3 Å². The number of hydrogen-bond acceptors (Lipinski definition) is 3. The summed E-state index contributed by atoms with van der Waals surface area (Å²) in [6.45, 7) is 2.86. The van der Waals surface area contributed by atoms with Gasteiger partial charge in [0.2, 0.25) is 0 Å². The van der Waals surface area contributed by atoms with E-state index in [-0.39, 0.29) is 5.72 Å². The van der Waals surface area contributed by atoms with Gasteiger partial charge in [0, 0.05) is 19.4 Å². The molecule has 1 saturated carbocycles. The molecule has 0 amide bonds. The van der Waals surface area contributed by atoms with E-state index in [9.17, 15) is 0 Å². The Hall–Kier alpha value is -0.120. The molecular formula is C11H19NO2. The Labute approximate surface area is 85.1 Å². The molecular weight excluding hydrogens is 178 g/mol. The molecule has 3 nitrogen and oxygen atoms in total. The van der Waals surface area contributed by atoms with Crippen molar-refractivity contribution in [3.05, 3.63) is 0 Å². The molecule has 3 rings (SSSR count). The molecule has 2 unspecified atom stereocenters. The summed E-state index contributed by atoms with van der Waals surface area (Å²) in [4.78, 5) is 0. The van der Waals surface area contributed by atoms with Gasteiger partial charge in [-0.2, -0.15) is 0 Å². The highest BCUT2D eigenvalue weighted by Crippen LogP contribution is 2.37. The van der Waals surface area contributed by atoms with Crippen LogP contribution in [0.1, 0.15) is 32.1 Å². The van der Waals surface area contributed by atoms with Gasteiger partial charge in [0.25, 0.3) is 0 Å². The lowest BCUT2D eigenvalue weighted by Gasteiger charge is -2.45. The van der Waals surface area contributed by atoms with E-state index in [2.05, 4.69) is 5.32 Å². The minimum Gasteiger partial charge on any atom is -0.381 e. The molecule has 14 heavy (non-hydrogen) atoms. The van der Waals surface area contributed by atoms with Gasteiger partial charge in [-0.05, 0) is 18.8 Å². The standard InChI is InChI=1S/C11H19NO2/c1-2-9-8-12-11(14-10(9)3-1)4-6-13-7-5-11/h9-10,12H,1-8H2. The Morgan fingerprint density at radius 1 is 1.14 bits per heavy atom. The van der Waals surface area contributed by atoms with Gasteiger partial charge < -0.3 is 9.47 Å². The molecule has 2 heterocycles. The fraction of sp³-hybridized carbons (Fsp3) is 1.00. The zero-order valence-corrected chi connectivity index (χ0v) is 8.63. The molecule has 0 bridgehead atoms. The van der Waals surface area contributed by atoms with Gasteiger partial charge in [-0.1, -0.05) is 6.42 Å². The molecule has 3 aliphatic rings. The minimum atomic E-state index is -0.0241. The highest BCUT2D eigenvalue weighted by Gasteiger charge is 2.43. The van der Waals surface area contributed by atoms with Crippen LogP contribution in [0.25, 0.3) is 0 Å². The topological polar surface area (TPSA) is 30.5 Å². The lowest BCUT2D eigenvalue weighted by atomic mass is 9.96. The fourth-order valence-corrected chi connectivity index (χ4v) is 3.04. The Morgan fingerprint density at radius 3 is 2.86 bits per heavy atom.